The Morgan fingerprint density at radius 2 is 2.19 bits per heavy atom. The monoisotopic (exact) mass is 287 g/mol. The second-order valence-corrected chi connectivity index (χ2v) is 7.27. The smallest absolute Gasteiger partial charge is 0.165 e. The highest BCUT2D eigenvalue weighted by Crippen LogP contribution is 2.63. The number of benzene rings is 1. The molecule has 4 aliphatic rings. The van der Waals surface area contributed by atoms with Crippen molar-refractivity contribution in [2.45, 2.75) is 49.3 Å². The quantitative estimate of drug-likeness (QED) is 0.758. The van der Waals surface area contributed by atoms with Crippen LogP contribution < -0.4 is 4.74 Å². The number of aromatic hydroxyl groups is 1. The molecule has 5 atom stereocenters. The van der Waals surface area contributed by atoms with Crippen molar-refractivity contribution in [3.05, 3.63) is 23.3 Å². The van der Waals surface area contributed by atoms with Crippen molar-refractivity contribution in [3.63, 3.8) is 0 Å². The van der Waals surface area contributed by atoms with E-state index in [1.54, 1.807) is 6.07 Å². The molecule has 0 radical (unpaired) electrons. The van der Waals surface area contributed by atoms with Crippen molar-refractivity contribution < 1.29 is 14.9 Å². The Morgan fingerprint density at radius 1 is 1.33 bits per heavy atom. The first kappa shape index (κ1) is 12.3. The number of hydrogen-bond acceptors (Lipinski definition) is 4. The van der Waals surface area contributed by atoms with Gasteiger partial charge in [-0.3, -0.25) is 0 Å². The normalized spacial score (nSPS) is 43.3. The molecule has 1 spiro atoms. The first-order chi connectivity index (χ1) is 10.1. The third kappa shape index (κ3) is 1.25. The van der Waals surface area contributed by atoms with Crippen LogP contribution in [0.1, 0.15) is 30.4 Å². The van der Waals surface area contributed by atoms with E-state index in [1.807, 2.05) is 0 Å². The van der Waals surface area contributed by atoms with Gasteiger partial charge >= 0.3 is 0 Å². The highest BCUT2D eigenvalue weighted by molar-refractivity contribution is 5.60. The largest absolute Gasteiger partial charge is 0.504 e. The SMILES string of the molecule is CN1CC[C@]23c4c5ccc(O)c4O[C@H]2CC[C@@H](O)[C@H]3[C@H]1C5. The standard InChI is InChI=1S/C17H21NO3/c1-18-7-6-17-13-5-4-11(19)15(17)10(18)8-9-2-3-12(20)16(21-13)14(9)17/h2-3,10-11,13,15,19-20H,4-8H2,1H3/t10-,11-,13+,15-,17-/m1/s1. The molecule has 0 aromatic heterocycles. The van der Waals surface area contributed by atoms with E-state index in [1.165, 1.54) is 11.1 Å². The summed E-state index contributed by atoms with van der Waals surface area (Å²) in [5, 5.41) is 20.9. The Morgan fingerprint density at radius 3 is 3.05 bits per heavy atom. The summed E-state index contributed by atoms with van der Waals surface area (Å²) >= 11 is 0. The molecule has 0 amide bonds. The fourth-order valence-electron chi connectivity index (χ4n) is 5.73. The van der Waals surface area contributed by atoms with Gasteiger partial charge in [0.1, 0.15) is 6.10 Å². The van der Waals surface area contributed by atoms with Crippen LogP contribution in [0, 0.1) is 5.92 Å². The zero-order valence-corrected chi connectivity index (χ0v) is 12.2. The second-order valence-electron chi connectivity index (χ2n) is 7.27. The number of aliphatic hydroxyl groups excluding tert-OH is 1. The maximum atomic E-state index is 10.7. The van der Waals surface area contributed by atoms with Crippen LogP contribution in [0.4, 0.5) is 0 Å². The van der Waals surface area contributed by atoms with Crippen LogP contribution in [-0.2, 0) is 11.8 Å². The number of piperidine rings is 1. The number of likely N-dealkylation sites (tertiary alicyclic amines) is 1. The Bertz CT molecular complexity index is 631. The van der Waals surface area contributed by atoms with E-state index in [0.29, 0.717) is 11.8 Å². The van der Waals surface area contributed by atoms with E-state index < -0.39 is 0 Å². The summed E-state index contributed by atoms with van der Waals surface area (Å²) in [4.78, 5) is 2.41. The molecule has 21 heavy (non-hydrogen) atoms. The number of phenolic OH excluding ortho intramolecular Hbond substituents is 1. The highest BCUT2D eigenvalue weighted by Gasteiger charge is 2.65. The molecule has 112 valence electrons. The van der Waals surface area contributed by atoms with Gasteiger partial charge in [0.05, 0.1) is 6.10 Å². The van der Waals surface area contributed by atoms with Gasteiger partial charge in [0, 0.05) is 22.9 Å². The van der Waals surface area contributed by atoms with E-state index in [4.69, 9.17) is 4.74 Å². The van der Waals surface area contributed by atoms with Gasteiger partial charge in [0.15, 0.2) is 11.5 Å². The van der Waals surface area contributed by atoms with Crippen molar-refractivity contribution in [3.8, 4) is 11.5 Å². The topological polar surface area (TPSA) is 52.9 Å². The molecule has 2 heterocycles. The summed E-state index contributed by atoms with van der Waals surface area (Å²) in [6.07, 6.45) is 3.56. The lowest BCUT2D eigenvalue weighted by Crippen LogP contribution is -2.67. The fraction of sp³-hybridized carbons (Fsp3) is 0.647. The Kier molecular flexibility index (Phi) is 2.19. The van der Waals surface area contributed by atoms with E-state index in [0.717, 1.165) is 32.2 Å². The lowest BCUT2D eigenvalue weighted by molar-refractivity contribution is -0.106. The van der Waals surface area contributed by atoms with E-state index in [-0.39, 0.29) is 29.3 Å². The van der Waals surface area contributed by atoms with Crippen LogP contribution in [0.5, 0.6) is 11.5 Å². The summed E-state index contributed by atoms with van der Waals surface area (Å²) < 4.78 is 6.21. The summed E-state index contributed by atoms with van der Waals surface area (Å²) in [7, 11) is 2.18. The van der Waals surface area contributed by atoms with Gasteiger partial charge in [-0.1, -0.05) is 6.07 Å². The van der Waals surface area contributed by atoms with E-state index in [2.05, 4.69) is 18.0 Å². The molecule has 1 saturated carbocycles. The number of likely N-dealkylation sites (N-methyl/N-ethyl adjacent to an activating group) is 1. The lowest BCUT2D eigenvalue weighted by atomic mass is 9.51. The first-order valence-corrected chi connectivity index (χ1v) is 8.03. The highest BCUT2D eigenvalue weighted by atomic mass is 16.5. The minimum absolute atomic E-state index is 0.0729. The molecule has 4 heteroatoms. The third-order valence-electron chi connectivity index (χ3n) is 6.55. The van der Waals surface area contributed by atoms with Crippen LogP contribution in [0.2, 0.25) is 0 Å². The van der Waals surface area contributed by atoms with E-state index >= 15 is 0 Å². The van der Waals surface area contributed by atoms with Crippen LogP contribution in [0.15, 0.2) is 12.1 Å². The van der Waals surface area contributed by atoms with Gasteiger partial charge in [0.25, 0.3) is 0 Å². The molecule has 0 unspecified atom stereocenters. The van der Waals surface area contributed by atoms with Crippen molar-refractivity contribution in [1.29, 1.82) is 0 Å². The van der Waals surface area contributed by atoms with Crippen LogP contribution >= 0.6 is 0 Å². The lowest BCUT2D eigenvalue weighted by Gasteiger charge is -2.59. The Hall–Kier alpha value is -1.26. The number of nitrogens with zero attached hydrogens (tertiary/aromatic N) is 1. The molecule has 2 bridgehead atoms. The summed E-state index contributed by atoms with van der Waals surface area (Å²) in [6.45, 7) is 1.04. The molecule has 1 saturated heterocycles. The van der Waals surface area contributed by atoms with Crippen molar-refractivity contribution in [2.24, 2.45) is 5.92 Å². The summed E-state index contributed by atoms with van der Waals surface area (Å²) in [6, 6.07) is 4.22. The average molecular weight is 287 g/mol. The van der Waals surface area contributed by atoms with Gasteiger partial charge < -0.3 is 19.8 Å². The molecule has 5 rings (SSSR count). The van der Waals surface area contributed by atoms with Crippen LogP contribution in [0.3, 0.4) is 0 Å². The molecule has 2 N–H and O–H groups in total. The number of hydrogen-bond donors (Lipinski definition) is 2. The van der Waals surface area contributed by atoms with Gasteiger partial charge in [-0.2, -0.15) is 0 Å². The minimum Gasteiger partial charge on any atom is -0.504 e. The molecule has 2 aliphatic heterocycles. The molecule has 2 fully saturated rings. The molecule has 1 aromatic rings. The third-order valence-corrected chi connectivity index (χ3v) is 6.55. The number of rotatable bonds is 0. The van der Waals surface area contributed by atoms with Crippen LogP contribution in [0.25, 0.3) is 0 Å². The zero-order valence-electron chi connectivity index (χ0n) is 12.2. The predicted octanol–water partition coefficient (Wildman–Crippen LogP) is 1.42. The maximum Gasteiger partial charge on any atom is 0.165 e. The van der Waals surface area contributed by atoms with Crippen LogP contribution in [-0.4, -0.2) is 47.0 Å². The first-order valence-electron chi connectivity index (χ1n) is 8.03. The molecule has 1 aromatic carbocycles. The number of aliphatic hydroxyl groups is 1. The average Bonchev–Trinajstić information content (AvgIpc) is 2.81. The zero-order chi connectivity index (χ0) is 14.4. The second kappa shape index (κ2) is 3.73. The molecule has 4 nitrogen and oxygen atoms in total. The van der Waals surface area contributed by atoms with Gasteiger partial charge in [-0.15, -0.1) is 0 Å². The van der Waals surface area contributed by atoms with E-state index in [9.17, 15) is 10.2 Å². The number of ether oxygens (including phenoxy) is 1. The predicted molar refractivity (Wildman–Crippen MR) is 77.7 cm³/mol. The molecular formula is C17H21NO3. The molecule has 2 aliphatic carbocycles. The number of phenols is 1. The maximum absolute atomic E-state index is 10.7. The Balaban J connectivity index is 1.82. The Labute approximate surface area is 124 Å². The summed E-state index contributed by atoms with van der Waals surface area (Å²) in [5.74, 6) is 1.22. The minimum atomic E-state index is -0.251. The molecular weight excluding hydrogens is 266 g/mol. The van der Waals surface area contributed by atoms with Crippen molar-refractivity contribution >= 4 is 0 Å². The van der Waals surface area contributed by atoms with Gasteiger partial charge in [-0.25, -0.2) is 0 Å². The van der Waals surface area contributed by atoms with Gasteiger partial charge in [-0.05, 0) is 50.9 Å². The summed E-state index contributed by atoms with van der Waals surface area (Å²) in [5.41, 5.74) is 2.46. The fourth-order valence-corrected chi connectivity index (χ4v) is 5.73. The van der Waals surface area contributed by atoms with Gasteiger partial charge in [0.2, 0.25) is 0 Å². The van der Waals surface area contributed by atoms with Crippen molar-refractivity contribution in [2.75, 3.05) is 13.6 Å². The van der Waals surface area contributed by atoms with Crippen molar-refractivity contribution in [1.82, 2.24) is 4.90 Å².